The van der Waals surface area contributed by atoms with Gasteiger partial charge < -0.3 is 10.2 Å². The van der Waals surface area contributed by atoms with Gasteiger partial charge in [0, 0.05) is 5.57 Å². The van der Waals surface area contributed by atoms with Crippen LogP contribution in [0.25, 0.3) is 0 Å². The molecule has 2 N–H and O–H groups in total. The van der Waals surface area contributed by atoms with Crippen molar-refractivity contribution in [3.63, 3.8) is 0 Å². The van der Waals surface area contributed by atoms with E-state index >= 15 is 0 Å². The van der Waals surface area contributed by atoms with Gasteiger partial charge in [0.2, 0.25) is 0 Å². The van der Waals surface area contributed by atoms with Crippen LogP contribution in [0.4, 0.5) is 0 Å². The molecule has 14 heavy (non-hydrogen) atoms. The molecule has 0 bridgehead atoms. The van der Waals surface area contributed by atoms with Crippen LogP contribution in [0.15, 0.2) is 11.6 Å². The van der Waals surface area contributed by atoms with Gasteiger partial charge in [0.05, 0.1) is 0 Å². The summed E-state index contributed by atoms with van der Waals surface area (Å²) in [5.41, 5.74) is -0.228. The summed E-state index contributed by atoms with van der Waals surface area (Å²) in [6.07, 6.45) is -2.09. The number of aliphatic hydroxyl groups is 2. The zero-order chi connectivity index (χ0) is 11.1. The highest BCUT2D eigenvalue weighted by Crippen LogP contribution is 2.30. The first kappa shape index (κ1) is 11.1. The number of aliphatic hydroxyl groups excluding tert-OH is 2. The van der Waals surface area contributed by atoms with Gasteiger partial charge in [-0.25, -0.2) is 0 Å². The van der Waals surface area contributed by atoms with E-state index in [-0.39, 0.29) is 5.57 Å². The molecule has 1 aliphatic rings. The fraction of sp³-hybridized carbons (Fsp3) is 0.600. The third-order valence-electron chi connectivity index (χ3n) is 2.22. The summed E-state index contributed by atoms with van der Waals surface area (Å²) < 4.78 is 0. The summed E-state index contributed by atoms with van der Waals surface area (Å²) in [5.74, 6) is -1.17. The molecule has 0 aromatic heterocycles. The van der Waals surface area contributed by atoms with E-state index in [9.17, 15) is 14.7 Å². The molecule has 0 heterocycles. The minimum absolute atomic E-state index is 0.264. The van der Waals surface area contributed by atoms with E-state index < -0.39 is 29.2 Å². The summed E-state index contributed by atoms with van der Waals surface area (Å²) in [7, 11) is 0. The Bertz CT molecular complexity index is 309. The van der Waals surface area contributed by atoms with Gasteiger partial charge in [-0.3, -0.25) is 9.59 Å². The van der Waals surface area contributed by atoms with Crippen molar-refractivity contribution < 1.29 is 19.8 Å². The molecule has 0 saturated carbocycles. The lowest BCUT2D eigenvalue weighted by atomic mass is 9.77. The summed E-state index contributed by atoms with van der Waals surface area (Å²) in [5, 5.41) is 18.4. The normalized spacial score (nSPS) is 29.1. The van der Waals surface area contributed by atoms with Gasteiger partial charge in [0.1, 0.15) is 12.2 Å². The molecule has 2 atom stereocenters. The van der Waals surface area contributed by atoms with Crippen LogP contribution in [0.3, 0.4) is 0 Å². The molecule has 1 aliphatic carbocycles. The Labute approximate surface area is 82.2 Å². The van der Waals surface area contributed by atoms with Crippen LogP contribution in [0.5, 0.6) is 0 Å². The number of hydrogen-bond acceptors (Lipinski definition) is 4. The molecule has 0 fully saturated rings. The molecule has 4 heteroatoms. The lowest BCUT2D eigenvalue weighted by Gasteiger charge is -2.28. The topological polar surface area (TPSA) is 74.6 Å². The van der Waals surface area contributed by atoms with Crippen LogP contribution in [0, 0.1) is 5.41 Å². The lowest BCUT2D eigenvalue weighted by Crippen LogP contribution is -2.45. The minimum Gasteiger partial charge on any atom is -0.382 e. The van der Waals surface area contributed by atoms with E-state index in [1.807, 2.05) is 0 Å². The highest BCUT2D eigenvalue weighted by atomic mass is 16.3. The first-order valence-corrected chi connectivity index (χ1v) is 4.41. The Morgan fingerprint density at radius 2 is 1.64 bits per heavy atom. The van der Waals surface area contributed by atoms with Crippen molar-refractivity contribution >= 4 is 11.6 Å². The monoisotopic (exact) mass is 198 g/mol. The number of hydrogen-bond donors (Lipinski definition) is 2. The average Bonchev–Trinajstić information content (AvgIpc) is 2.06. The van der Waals surface area contributed by atoms with Gasteiger partial charge in [-0.2, -0.15) is 0 Å². The molecule has 0 aliphatic heterocycles. The van der Waals surface area contributed by atoms with Crippen molar-refractivity contribution in [2.45, 2.75) is 33.0 Å². The smallest absolute Gasteiger partial charge is 0.191 e. The van der Waals surface area contributed by atoms with Crippen molar-refractivity contribution in [1.82, 2.24) is 0 Å². The van der Waals surface area contributed by atoms with Gasteiger partial charge >= 0.3 is 0 Å². The Hall–Kier alpha value is -1.00. The lowest BCUT2D eigenvalue weighted by molar-refractivity contribution is -0.141. The minimum atomic E-state index is -1.61. The summed E-state index contributed by atoms with van der Waals surface area (Å²) in [6.45, 7) is 5.32. The Morgan fingerprint density at radius 1 is 1.14 bits per heavy atom. The van der Waals surface area contributed by atoms with E-state index in [0.717, 1.165) is 6.08 Å². The van der Waals surface area contributed by atoms with Crippen molar-refractivity contribution in [1.29, 1.82) is 0 Å². The van der Waals surface area contributed by atoms with Crippen molar-refractivity contribution in [3.05, 3.63) is 11.6 Å². The average molecular weight is 198 g/mol. The van der Waals surface area contributed by atoms with E-state index in [1.54, 1.807) is 20.8 Å². The molecular formula is C10H14O4. The Balaban J connectivity index is 3.15. The summed E-state index contributed by atoms with van der Waals surface area (Å²) >= 11 is 0. The second-order valence-electron chi connectivity index (χ2n) is 4.46. The zero-order valence-corrected chi connectivity index (χ0v) is 8.44. The number of ketones is 2. The molecule has 0 unspecified atom stereocenters. The molecule has 0 amide bonds. The van der Waals surface area contributed by atoms with Crippen LogP contribution in [-0.4, -0.2) is 34.0 Å². The third kappa shape index (κ3) is 1.76. The maximum absolute atomic E-state index is 11.5. The second-order valence-corrected chi connectivity index (χ2v) is 4.46. The van der Waals surface area contributed by atoms with Crippen LogP contribution < -0.4 is 0 Å². The SMILES string of the molecule is CC(C)(C)C1=CC(=O)[C@@H](O)[C@@H](O)C1=O. The fourth-order valence-corrected chi connectivity index (χ4v) is 1.34. The first-order chi connectivity index (χ1) is 6.25. The highest BCUT2D eigenvalue weighted by Gasteiger charge is 2.39. The molecular weight excluding hydrogens is 184 g/mol. The standard InChI is InChI=1S/C10H14O4/c1-10(2,3)5-4-6(11)8(13)9(14)7(5)12/h4,8-9,13-14H,1-3H3/t8-,9+/m1/s1. The van der Waals surface area contributed by atoms with Crippen molar-refractivity contribution in [2.75, 3.05) is 0 Å². The maximum atomic E-state index is 11.5. The quantitative estimate of drug-likeness (QED) is 0.567. The van der Waals surface area contributed by atoms with Gasteiger partial charge in [0.25, 0.3) is 0 Å². The van der Waals surface area contributed by atoms with Gasteiger partial charge in [-0.05, 0) is 11.5 Å². The molecule has 0 saturated heterocycles. The second kappa shape index (κ2) is 3.29. The van der Waals surface area contributed by atoms with Crippen LogP contribution in [0.2, 0.25) is 0 Å². The summed E-state index contributed by atoms with van der Waals surface area (Å²) in [4.78, 5) is 22.7. The fourth-order valence-electron chi connectivity index (χ4n) is 1.34. The largest absolute Gasteiger partial charge is 0.382 e. The number of Topliss-reactive ketones (excluding diaryl/α,β-unsaturated/α-hetero) is 1. The molecule has 0 spiro atoms. The number of carbonyl (C=O) groups is 2. The van der Waals surface area contributed by atoms with Crippen LogP contribution in [0.1, 0.15) is 20.8 Å². The number of rotatable bonds is 0. The predicted molar refractivity (Wildman–Crippen MR) is 49.6 cm³/mol. The van der Waals surface area contributed by atoms with Crippen molar-refractivity contribution in [3.8, 4) is 0 Å². The Morgan fingerprint density at radius 3 is 2.07 bits per heavy atom. The molecule has 0 aromatic carbocycles. The van der Waals surface area contributed by atoms with E-state index in [2.05, 4.69) is 0 Å². The molecule has 1 rings (SSSR count). The molecule has 78 valence electrons. The van der Waals surface area contributed by atoms with Crippen LogP contribution >= 0.6 is 0 Å². The van der Waals surface area contributed by atoms with Gasteiger partial charge in [-0.1, -0.05) is 20.8 Å². The maximum Gasteiger partial charge on any atom is 0.191 e. The molecule has 0 radical (unpaired) electrons. The number of carbonyl (C=O) groups excluding carboxylic acids is 2. The Kier molecular flexibility index (Phi) is 2.61. The first-order valence-electron chi connectivity index (χ1n) is 4.41. The summed E-state index contributed by atoms with van der Waals surface area (Å²) in [6, 6.07) is 0. The van der Waals surface area contributed by atoms with Gasteiger partial charge in [-0.15, -0.1) is 0 Å². The van der Waals surface area contributed by atoms with Gasteiger partial charge in [0.15, 0.2) is 11.6 Å². The molecule has 4 nitrogen and oxygen atoms in total. The zero-order valence-electron chi connectivity index (χ0n) is 8.44. The third-order valence-corrected chi connectivity index (χ3v) is 2.22. The predicted octanol–water partition coefficient (Wildman–Crippen LogP) is -0.168. The van der Waals surface area contributed by atoms with E-state index in [0.29, 0.717) is 0 Å². The van der Waals surface area contributed by atoms with Crippen LogP contribution in [-0.2, 0) is 9.59 Å². The highest BCUT2D eigenvalue weighted by molar-refractivity contribution is 6.13. The van der Waals surface area contributed by atoms with E-state index in [1.165, 1.54) is 0 Å². The van der Waals surface area contributed by atoms with Crippen molar-refractivity contribution in [2.24, 2.45) is 5.41 Å². The van der Waals surface area contributed by atoms with E-state index in [4.69, 9.17) is 5.11 Å². The molecule has 0 aromatic rings.